The molecule has 2 aromatic heterocycles. The predicted octanol–water partition coefficient (Wildman–Crippen LogP) is 2.50. The van der Waals surface area contributed by atoms with Crippen molar-refractivity contribution in [3.8, 4) is 28.4 Å². The van der Waals surface area contributed by atoms with Gasteiger partial charge < -0.3 is 19.9 Å². The van der Waals surface area contributed by atoms with Crippen LogP contribution in [-0.2, 0) is 19.4 Å². The summed E-state index contributed by atoms with van der Waals surface area (Å²) in [7, 11) is -2.04. The van der Waals surface area contributed by atoms with E-state index in [1.807, 2.05) is 18.2 Å². The number of nitrogens with zero attached hydrogens (tertiary/aromatic N) is 3. The van der Waals surface area contributed by atoms with E-state index in [1.54, 1.807) is 36.4 Å². The van der Waals surface area contributed by atoms with E-state index in [0.29, 0.717) is 22.1 Å². The number of ether oxygens (including phenoxy) is 3. The van der Waals surface area contributed by atoms with Gasteiger partial charge in [-0.05, 0) is 42.0 Å². The third-order valence-corrected chi connectivity index (χ3v) is 7.91. The first-order valence-electron chi connectivity index (χ1n) is 11.9. The number of methoxy groups -OCH3 is 1. The molecule has 2 heterocycles. The van der Waals surface area contributed by atoms with Gasteiger partial charge in [0, 0.05) is 16.8 Å². The number of aromatic nitrogens is 3. The van der Waals surface area contributed by atoms with Crippen LogP contribution in [-0.4, -0.2) is 66.2 Å². The predicted molar refractivity (Wildman–Crippen MR) is 147 cm³/mol. The second-order valence-corrected chi connectivity index (χ2v) is 11.3. The molecular formula is C26H27ClN4O7S. The number of hydrogen-bond donors (Lipinski definition) is 1. The maximum Gasteiger partial charge on any atom is 0.340 e. The number of halogens is 1. The van der Waals surface area contributed by atoms with Crippen molar-refractivity contribution in [2.75, 3.05) is 31.8 Å². The molecule has 0 radical (unpaired) electrons. The van der Waals surface area contributed by atoms with E-state index in [0.717, 1.165) is 5.56 Å². The quantitative estimate of drug-likeness (QED) is 0.267. The van der Waals surface area contributed by atoms with Crippen molar-refractivity contribution in [3.63, 3.8) is 0 Å². The summed E-state index contributed by atoms with van der Waals surface area (Å²) in [5.41, 5.74) is 7.33. The van der Waals surface area contributed by atoms with E-state index >= 15 is 0 Å². The molecule has 0 aliphatic carbocycles. The van der Waals surface area contributed by atoms with E-state index in [4.69, 9.17) is 31.5 Å². The summed E-state index contributed by atoms with van der Waals surface area (Å²) in [4.78, 5) is 29.6. The monoisotopic (exact) mass is 574 g/mol. The van der Waals surface area contributed by atoms with Crippen molar-refractivity contribution in [2.24, 2.45) is 5.73 Å². The summed E-state index contributed by atoms with van der Waals surface area (Å²) in [6, 6.07) is 15.5. The number of esters is 1. The second-order valence-electron chi connectivity index (χ2n) is 8.48. The maximum atomic E-state index is 13.5. The lowest BCUT2D eigenvalue weighted by Crippen LogP contribution is -2.35. The highest BCUT2D eigenvalue weighted by Gasteiger charge is 2.23. The van der Waals surface area contributed by atoms with Gasteiger partial charge in [-0.1, -0.05) is 30.7 Å². The van der Waals surface area contributed by atoms with Crippen LogP contribution < -0.4 is 20.9 Å². The highest BCUT2D eigenvalue weighted by Crippen LogP contribution is 2.30. The van der Waals surface area contributed by atoms with Crippen LogP contribution in [0, 0.1) is 0 Å². The Hall–Kier alpha value is -3.87. The van der Waals surface area contributed by atoms with Gasteiger partial charge in [0.2, 0.25) is 0 Å². The third-order valence-electron chi connectivity index (χ3n) is 5.90. The van der Waals surface area contributed by atoms with Crippen molar-refractivity contribution in [3.05, 3.63) is 76.4 Å². The lowest BCUT2D eigenvalue weighted by Gasteiger charge is -2.19. The smallest absolute Gasteiger partial charge is 0.340 e. The number of fused-ring (bicyclic) bond motifs is 1. The second kappa shape index (κ2) is 11.9. The maximum absolute atomic E-state index is 13.5. The lowest BCUT2D eigenvalue weighted by molar-refractivity contribution is -0.147. The van der Waals surface area contributed by atoms with Crippen LogP contribution in [0.1, 0.15) is 6.92 Å². The number of sulfone groups is 1. The summed E-state index contributed by atoms with van der Waals surface area (Å²) in [6.07, 6.45) is 0.348. The Morgan fingerprint density at radius 2 is 1.85 bits per heavy atom. The number of carbonyl (C=O) groups excluding carboxylic acids is 1. The molecule has 0 amide bonds. The van der Waals surface area contributed by atoms with Crippen LogP contribution >= 0.6 is 11.6 Å². The average molecular weight is 575 g/mol. The van der Waals surface area contributed by atoms with Crippen LogP contribution in [0.2, 0.25) is 5.02 Å². The molecule has 206 valence electrons. The summed E-state index contributed by atoms with van der Waals surface area (Å²) < 4.78 is 43.4. The standard InChI is InChI=1S/C26H27ClN4O7S/c1-3-39(34,35)15-20(38-25(32)13-28)14-37-22-10-8-19(12-23(22)36-2)30-16-29-24-11-9-21(31(24)26(30)33)17-4-6-18(27)7-5-17/h4-12,16,20H,3,13-15,28H2,1-2H3/t20-/m0/s1. The Labute approximate surface area is 229 Å². The summed E-state index contributed by atoms with van der Waals surface area (Å²) in [5.74, 6) is -0.747. The first kappa shape index (κ1) is 28.1. The molecule has 1 atom stereocenters. The zero-order valence-electron chi connectivity index (χ0n) is 21.2. The Morgan fingerprint density at radius 1 is 1.10 bits per heavy atom. The molecule has 0 spiro atoms. The zero-order chi connectivity index (χ0) is 28.2. The van der Waals surface area contributed by atoms with Crippen molar-refractivity contribution in [2.45, 2.75) is 13.0 Å². The van der Waals surface area contributed by atoms with Gasteiger partial charge in [0.05, 0.1) is 30.8 Å². The molecule has 4 aromatic rings. The largest absolute Gasteiger partial charge is 0.493 e. The molecule has 0 aliphatic heterocycles. The molecule has 2 N–H and O–H groups in total. The van der Waals surface area contributed by atoms with Crippen molar-refractivity contribution in [1.29, 1.82) is 0 Å². The SMILES string of the molecule is CCS(=O)(=O)C[C@H](COc1ccc(-n2cnc3ccc(-c4ccc(Cl)cc4)n3c2=O)cc1OC)OC(=O)CN. The van der Waals surface area contributed by atoms with Crippen LogP contribution in [0.15, 0.2) is 65.7 Å². The molecule has 0 unspecified atom stereocenters. The Morgan fingerprint density at radius 3 is 2.51 bits per heavy atom. The number of nitrogens with two attached hydrogens (primary N) is 1. The van der Waals surface area contributed by atoms with Gasteiger partial charge in [-0.25, -0.2) is 22.6 Å². The van der Waals surface area contributed by atoms with E-state index < -0.39 is 34.2 Å². The fraction of sp³-hybridized carbons (Fsp3) is 0.269. The highest BCUT2D eigenvalue weighted by atomic mass is 35.5. The van der Waals surface area contributed by atoms with Gasteiger partial charge in [-0.2, -0.15) is 0 Å². The fourth-order valence-corrected chi connectivity index (χ4v) is 4.98. The van der Waals surface area contributed by atoms with Gasteiger partial charge in [-0.3, -0.25) is 9.36 Å². The minimum atomic E-state index is -3.46. The summed E-state index contributed by atoms with van der Waals surface area (Å²) >= 11 is 6.01. The molecule has 11 nitrogen and oxygen atoms in total. The van der Waals surface area contributed by atoms with Crippen molar-refractivity contribution >= 4 is 33.1 Å². The number of rotatable bonds is 11. The Balaban J connectivity index is 1.64. The number of hydrogen-bond acceptors (Lipinski definition) is 9. The van der Waals surface area contributed by atoms with Gasteiger partial charge >= 0.3 is 11.7 Å². The molecule has 0 aliphatic rings. The number of benzene rings is 2. The molecule has 39 heavy (non-hydrogen) atoms. The van der Waals surface area contributed by atoms with Crippen molar-refractivity contribution < 1.29 is 27.4 Å². The summed E-state index contributed by atoms with van der Waals surface area (Å²) in [5, 5.41) is 0.584. The number of carbonyl (C=O) groups is 1. The molecule has 0 bridgehead atoms. The van der Waals surface area contributed by atoms with Crippen LogP contribution in [0.25, 0.3) is 22.6 Å². The molecule has 0 saturated heterocycles. The Bertz CT molecular complexity index is 1650. The van der Waals surface area contributed by atoms with Crippen LogP contribution in [0.3, 0.4) is 0 Å². The molecule has 0 saturated carbocycles. The zero-order valence-corrected chi connectivity index (χ0v) is 22.8. The van der Waals surface area contributed by atoms with Gasteiger partial charge in [0.15, 0.2) is 21.3 Å². The third kappa shape index (κ3) is 6.41. The van der Waals surface area contributed by atoms with Crippen molar-refractivity contribution in [1.82, 2.24) is 14.0 Å². The van der Waals surface area contributed by atoms with E-state index in [-0.39, 0.29) is 29.5 Å². The van der Waals surface area contributed by atoms with Gasteiger partial charge in [-0.15, -0.1) is 0 Å². The molecular weight excluding hydrogens is 548 g/mol. The minimum Gasteiger partial charge on any atom is -0.493 e. The van der Waals surface area contributed by atoms with Gasteiger partial charge in [0.25, 0.3) is 0 Å². The molecule has 13 heteroatoms. The molecule has 2 aromatic carbocycles. The molecule has 4 rings (SSSR count). The molecule has 0 fully saturated rings. The fourth-order valence-electron chi connectivity index (χ4n) is 3.88. The van der Waals surface area contributed by atoms with E-state index in [2.05, 4.69) is 4.98 Å². The minimum absolute atomic E-state index is 0.115. The van der Waals surface area contributed by atoms with Crippen LogP contribution in [0.4, 0.5) is 0 Å². The Kier molecular flexibility index (Phi) is 8.58. The average Bonchev–Trinajstić information content (AvgIpc) is 3.37. The first-order valence-corrected chi connectivity index (χ1v) is 14.1. The highest BCUT2D eigenvalue weighted by molar-refractivity contribution is 7.91. The van der Waals surface area contributed by atoms with Gasteiger partial charge in [0.1, 0.15) is 24.7 Å². The van der Waals surface area contributed by atoms with E-state index in [9.17, 15) is 18.0 Å². The lowest BCUT2D eigenvalue weighted by atomic mass is 10.1. The summed E-state index contributed by atoms with van der Waals surface area (Å²) in [6.45, 7) is 0.858. The van der Waals surface area contributed by atoms with E-state index in [1.165, 1.54) is 29.3 Å². The van der Waals surface area contributed by atoms with Crippen LogP contribution in [0.5, 0.6) is 11.5 Å². The normalized spacial score (nSPS) is 12.3. The topological polar surface area (TPSA) is 144 Å². The first-order chi connectivity index (χ1) is 18.7.